The normalized spacial score (nSPS) is 9.92. The summed E-state index contributed by atoms with van der Waals surface area (Å²) in [5.74, 6) is -0.270. The maximum Gasteiger partial charge on any atom is 0.342 e. The lowest BCUT2D eigenvalue weighted by molar-refractivity contribution is 0.0525. The fourth-order valence-electron chi connectivity index (χ4n) is 0.773. The van der Waals surface area contributed by atoms with Crippen LogP contribution in [0.4, 0.5) is 0 Å². The molecule has 1 aromatic heterocycles. The van der Waals surface area contributed by atoms with Crippen LogP contribution in [-0.2, 0) is 4.74 Å². The highest BCUT2D eigenvalue weighted by Gasteiger charge is 2.17. The fourth-order valence-corrected chi connectivity index (χ4v) is 2.31. The Morgan fingerprint density at radius 3 is 2.83 bits per heavy atom. The van der Waals surface area contributed by atoms with Crippen molar-refractivity contribution in [3.8, 4) is 0 Å². The van der Waals surface area contributed by atoms with Gasteiger partial charge in [-0.1, -0.05) is 0 Å². The van der Waals surface area contributed by atoms with Crippen LogP contribution in [0, 0.1) is 9.81 Å². The first-order valence-corrected chi connectivity index (χ1v) is 5.31. The molecule has 0 fully saturated rings. The van der Waals surface area contributed by atoms with Gasteiger partial charge in [0.15, 0.2) is 0 Å². The predicted molar refractivity (Wildman–Crippen MR) is 55.5 cm³/mol. The third kappa shape index (κ3) is 1.95. The number of ether oxygens (including phenoxy) is 1. The maximum absolute atomic E-state index is 11.3. The van der Waals surface area contributed by atoms with Crippen LogP contribution >= 0.6 is 34.1 Å². The van der Waals surface area contributed by atoms with Crippen molar-refractivity contribution in [3.05, 3.63) is 14.1 Å². The molecule has 0 N–H and O–H groups in total. The van der Waals surface area contributed by atoms with Crippen molar-refractivity contribution < 1.29 is 9.53 Å². The number of aromatic nitrogens is 1. The van der Waals surface area contributed by atoms with E-state index in [1.165, 1.54) is 11.5 Å². The second-order valence-electron chi connectivity index (χ2n) is 2.14. The Balaban J connectivity index is 2.93. The van der Waals surface area contributed by atoms with Crippen molar-refractivity contribution in [2.75, 3.05) is 6.61 Å². The molecule has 0 radical (unpaired) electrons. The van der Waals surface area contributed by atoms with Gasteiger partial charge in [-0.15, -0.1) is 0 Å². The number of carbonyl (C=O) groups excluding carboxylic acids is 1. The van der Waals surface area contributed by atoms with Crippen molar-refractivity contribution in [3.63, 3.8) is 0 Å². The van der Waals surface area contributed by atoms with Crippen LogP contribution in [0.3, 0.4) is 0 Å². The van der Waals surface area contributed by atoms with Gasteiger partial charge in [0.05, 0.1) is 12.3 Å². The van der Waals surface area contributed by atoms with Gasteiger partial charge in [-0.2, -0.15) is 4.37 Å². The van der Waals surface area contributed by atoms with E-state index in [0.717, 1.165) is 8.58 Å². The molecule has 0 bridgehead atoms. The number of aryl methyl sites for hydroxylation is 1. The van der Waals surface area contributed by atoms with E-state index in [1.807, 2.05) is 6.92 Å². The Morgan fingerprint density at radius 2 is 2.42 bits per heavy atom. The molecule has 1 rings (SSSR count). The number of nitrogens with zero attached hydrogens (tertiary/aromatic N) is 1. The van der Waals surface area contributed by atoms with Crippen molar-refractivity contribution in [2.24, 2.45) is 0 Å². The first-order valence-electron chi connectivity index (χ1n) is 3.45. The van der Waals surface area contributed by atoms with Gasteiger partial charge in [-0.05, 0) is 48.0 Å². The highest BCUT2D eigenvalue weighted by molar-refractivity contribution is 14.1. The van der Waals surface area contributed by atoms with E-state index in [9.17, 15) is 4.79 Å². The van der Waals surface area contributed by atoms with Crippen LogP contribution < -0.4 is 0 Å². The van der Waals surface area contributed by atoms with Gasteiger partial charge >= 0.3 is 5.97 Å². The summed E-state index contributed by atoms with van der Waals surface area (Å²) in [7, 11) is 0. The molecule has 0 aromatic carbocycles. The predicted octanol–water partition coefficient (Wildman–Crippen LogP) is 2.23. The summed E-state index contributed by atoms with van der Waals surface area (Å²) in [5.41, 5.74) is 1.37. The SMILES string of the molecule is CCOC(=O)c1c(C)nsc1I. The zero-order valence-corrected chi connectivity index (χ0v) is 9.73. The molecule has 1 heterocycles. The molecule has 0 atom stereocenters. The Hall–Kier alpha value is -0.170. The van der Waals surface area contributed by atoms with Crippen molar-refractivity contribution >= 4 is 40.1 Å². The van der Waals surface area contributed by atoms with Gasteiger partial charge in [0.25, 0.3) is 0 Å². The molecule has 0 aliphatic heterocycles. The molecule has 0 saturated heterocycles. The molecule has 0 saturated carbocycles. The molecule has 1 aromatic rings. The molecule has 0 amide bonds. The van der Waals surface area contributed by atoms with Gasteiger partial charge in [0.2, 0.25) is 0 Å². The number of halogens is 1. The van der Waals surface area contributed by atoms with E-state index in [0.29, 0.717) is 12.2 Å². The van der Waals surface area contributed by atoms with Crippen LogP contribution in [0.5, 0.6) is 0 Å². The molecule has 3 nitrogen and oxygen atoms in total. The fraction of sp³-hybridized carbons (Fsp3) is 0.429. The molecule has 66 valence electrons. The summed E-state index contributed by atoms with van der Waals surface area (Å²) in [6, 6.07) is 0. The van der Waals surface area contributed by atoms with Crippen molar-refractivity contribution in [1.82, 2.24) is 4.37 Å². The summed E-state index contributed by atoms with van der Waals surface area (Å²) in [4.78, 5) is 11.3. The minimum Gasteiger partial charge on any atom is -0.462 e. The van der Waals surface area contributed by atoms with Crippen LogP contribution in [0.15, 0.2) is 0 Å². The summed E-state index contributed by atoms with van der Waals surface area (Å²) in [6.07, 6.45) is 0. The van der Waals surface area contributed by atoms with E-state index in [-0.39, 0.29) is 5.97 Å². The third-order valence-corrected chi connectivity index (χ3v) is 3.16. The molecule has 0 spiro atoms. The highest BCUT2D eigenvalue weighted by Crippen LogP contribution is 2.20. The van der Waals surface area contributed by atoms with E-state index >= 15 is 0 Å². The molecule has 12 heavy (non-hydrogen) atoms. The Bertz CT molecular complexity index is 278. The largest absolute Gasteiger partial charge is 0.462 e. The third-order valence-electron chi connectivity index (χ3n) is 1.30. The maximum atomic E-state index is 11.3. The number of hydrogen-bond acceptors (Lipinski definition) is 4. The van der Waals surface area contributed by atoms with E-state index < -0.39 is 0 Å². The summed E-state index contributed by atoms with van der Waals surface area (Å²) in [5, 5.41) is 0. The molecular formula is C7H8INO2S. The Kier molecular flexibility index (Phi) is 3.45. The van der Waals surface area contributed by atoms with Crippen LogP contribution in [-0.4, -0.2) is 16.9 Å². The zero-order chi connectivity index (χ0) is 9.14. The minimum atomic E-state index is -0.270. The molecule has 0 aliphatic rings. The molecule has 5 heteroatoms. The Morgan fingerprint density at radius 1 is 1.75 bits per heavy atom. The minimum absolute atomic E-state index is 0.270. The highest BCUT2D eigenvalue weighted by atomic mass is 127. The topological polar surface area (TPSA) is 39.2 Å². The average Bonchev–Trinajstić information content (AvgIpc) is 2.32. The standard InChI is InChI=1S/C7H8INO2S/c1-3-11-7(10)5-4(2)9-12-6(5)8/h3H2,1-2H3. The first kappa shape index (κ1) is 9.91. The van der Waals surface area contributed by atoms with Gasteiger partial charge in [0.1, 0.15) is 8.45 Å². The molecular weight excluding hydrogens is 289 g/mol. The monoisotopic (exact) mass is 297 g/mol. The summed E-state index contributed by atoms with van der Waals surface area (Å²) < 4.78 is 9.82. The van der Waals surface area contributed by atoms with E-state index in [1.54, 1.807) is 6.92 Å². The van der Waals surface area contributed by atoms with Crippen molar-refractivity contribution in [1.29, 1.82) is 0 Å². The van der Waals surface area contributed by atoms with E-state index in [2.05, 4.69) is 27.0 Å². The smallest absolute Gasteiger partial charge is 0.342 e. The average molecular weight is 297 g/mol. The molecule has 0 unspecified atom stereocenters. The lowest BCUT2D eigenvalue weighted by Crippen LogP contribution is -2.06. The van der Waals surface area contributed by atoms with Gasteiger partial charge in [-0.3, -0.25) is 0 Å². The van der Waals surface area contributed by atoms with Gasteiger partial charge < -0.3 is 4.74 Å². The first-order chi connectivity index (χ1) is 5.66. The number of rotatable bonds is 2. The number of carbonyl (C=O) groups is 1. The lowest BCUT2D eigenvalue weighted by Gasteiger charge is -1.99. The second-order valence-corrected chi connectivity index (χ2v) is 4.72. The van der Waals surface area contributed by atoms with Crippen LogP contribution in [0.25, 0.3) is 0 Å². The van der Waals surface area contributed by atoms with Gasteiger partial charge in [-0.25, -0.2) is 4.79 Å². The summed E-state index contributed by atoms with van der Waals surface area (Å²) >= 11 is 3.41. The quantitative estimate of drug-likeness (QED) is 0.621. The number of hydrogen-bond donors (Lipinski definition) is 0. The van der Waals surface area contributed by atoms with Crippen LogP contribution in [0.1, 0.15) is 23.0 Å². The second kappa shape index (κ2) is 4.18. The zero-order valence-electron chi connectivity index (χ0n) is 6.76. The summed E-state index contributed by atoms with van der Waals surface area (Å²) in [6.45, 7) is 4.01. The van der Waals surface area contributed by atoms with Crippen LogP contribution in [0.2, 0.25) is 0 Å². The number of esters is 1. The van der Waals surface area contributed by atoms with Gasteiger partial charge in [0, 0.05) is 0 Å². The van der Waals surface area contributed by atoms with E-state index in [4.69, 9.17) is 4.74 Å². The lowest BCUT2D eigenvalue weighted by atomic mass is 10.3. The Labute approximate surface area is 88.4 Å². The molecule has 0 aliphatic carbocycles. The van der Waals surface area contributed by atoms with Crippen molar-refractivity contribution in [2.45, 2.75) is 13.8 Å².